The maximum absolute atomic E-state index is 11.3. The molecule has 0 amide bonds. The van der Waals surface area contributed by atoms with E-state index in [9.17, 15) is 9.90 Å². The summed E-state index contributed by atoms with van der Waals surface area (Å²) in [6.45, 7) is 1.68. The minimum Gasteiger partial charge on any atom is -0.477 e. The first-order valence-corrected chi connectivity index (χ1v) is 6.87. The van der Waals surface area contributed by atoms with Gasteiger partial charge in [0.25, 0.3) is 0 Å². The van der Waals surface area contributed by atoms with E-state index in [0.29, 0.717) is 0 Å². The number of aromatic carboxylic acids is 1. The number of carboxylic acids is 1. The van der Waals surface area contributed by atoms with Crippen molar-refractivity contribution < 1.29 is 9.90 Å². The summed E-state index contributed by atoms with van der Waals surface area (Å²) >= 11 is 1.38. The molecule has 2 heterocycles. The predicted octanol–water partition coefficient (Wildman–Crippen LogP) is 2.31. The lowest BCUT2D eigenvalue weighted by Gasteiger charge is -2.13. The van der Waals surface area contributed by atoms with Gasteiger partial charge < -0.3 is 15.4 Å². The molecule has 5 nitrogen and oxygen atoms in total. The second-order valence-corrected chi connectivity index (χ2v) is 5.25. The predicted molar refractivity (Wildman–Crippen MR) is 76.0 cm³/mol. The van der Waals surface area contributed by atoms with Gasteiger partial charge in [-0.25, -0.2) is 4.79 Å². The van der Waals surface area contributed by atoms with Gasteiger partial charge in [-0.05, 0) is 24.2 Å². The molecule has 1 aromatic heterocycles. The Labute approximate surface area is 114 Å². The highest BCUT2D eigenvalue weighted by atomic mass is 32.2. The van der Waals surface area contributed by atoms with Gasteiger partial charge in [0, 0.05) is 24.0 Å². The number of thioether (sulfide) groups is 1. The molecule has 0 bridgehead atoms. The molecular weight excluding hydrogens is 262 g/mol. The summed E-state index contributed by atoms with van der Waals surface area (Å²) in [6.07, 6.45) is 1.02. The van der Waals surface area contributed by atoms with Crippen molar-refractivity contribution in [3.05, 3.63) is 30.0 Å². The summed E-state index contributed by atoms with van der Waals surface area (Å²) in [4.78, 5) is 19.4. The number of para-hydroxylation sites is 1. The van der Waals surface area contributed by atoms with Crippen molar-refractivity contribution in [3.8, 4) is 0 Å². The molecule has 6 heteroatoms. The van der Waals surface area contributed by atoms with Gasteiger partial charge in [0.15, 0.2) is 5.17 Å². The zero-order chi connectivity index (χ0) is 13.2. The molecule has 0 aliphatic carbocycles. The van der Waals surface area contributed by atoms with Crippen LogP contribution in [0.4, 0.5) is 0 Å². The number of aliphatic imine (C=N–C) groups is 1. The van der Waals surface area contributed by atoms with Crippen LogP contribution in [0.15, 0.2) is 34.2 Å². The summed E-state index contributed by atoms with van der Waals surface area (Å²) < 4.78 is 0. The molecule has 0 saturated carbocycles. The number of carbonyl (C=O) groups is 1. The van der Waals surface area contributed by atoms with Crippen molar-refractivity contribution in [2.45, 2.75) is 11.3 Å². The van der Waals surface area contributed by atoms with Crippen LogP contribution in [0, 0.1) is 0 Å². The van der Waals surface area contributed by atoms with Crippen molar-refractivity contribution in [3.63, 3.8) is 0 Å². The molecule has 2 aromatic rings. The van der Waals surface area contributed by atoms with Crippen molar-refractivity contribution in [2.75, 3.05) is 13.1 Å². The molecule has 3 rings (SSSR count). The third kappa shape index (κ3) is 2.31. The average molecular weight is 275 g/mol. The van der Waals surface area contributed by atoms with Gasteiger partial charge in [-0.3, -0.25) is 4.99 Å². The maximum Gasteiger partial charge on any atom is 0.353 e. The normalized spacial score (nSPS) is 15.1. The second kappa shape index (κ2) is 4.97. The van der Waals surface area contributed by atoms with E-state index in [0.717, 1.165) is 40.5 Å². The molecule has 0 spiro atoms. The van der Waals surface area contributed by atoms with Gasteiger partial charge in [0.2, 0.25) is 0 Å². The molecule has 0 atom stereocenters. The molecule has 0 fully saturated rings. The van der Waals surface area contributed by atoms with Crippen LogP contribution < -0.4 is 5.32 Å². The highest BCUT2D eigenvalue weighted by Gasteiger charge is 2.19. The van der Waals surface area contributed by atoms with Crippen LogP contribution in [0.5, 0.6) is 0 Å². The van der Waals surface area contributed by atoms with E-state index >= 15 is 0 Å². The first kappa shape index (κ1) is 12.1. The van der Waals surface area contributed by atoms with E-state index in [1.54, 1.807) is 0 Å². The van der Waals surface area contributed by atoms with Crippen LogP contribution in [-0.4, -0.2) is 34.3 Å². The molecule has 1 aliphatic heterocycles. The maximum atomic E-state index is 11.3. The Morgan fingerprint density at radius 3 is 2.95 bits per heavy atom. The van der Waals surface area contributed by atoms with Gasteiger partial charge in [-0.2, -0.15) is 0 Å². The quantitative estimate of drug-likeness (QED) is 0.786. The van der Waals surface area contributed by atoms with Crippen molar-refractivity contribution in [1.82, 2.24) is 10.3 Å². The van der Waals surface area contributed by atoms with Gasteiger partial charge >= 0.3 is 5.97 Å². The molecule has 0 radical (unpaired) electrons. The number of amidine groups is 1. The molecule has 1 aliphatic rings. The Bertz CT molecular complexity index is 663. The number of nitrogens with one attached hydrogen (secondary N) is 2. The number of hydrogen-bond donors (Lipinski definition) is 3. The largest absolute Gasteiger partial charge is 0.477 e. The van der Waals surface area contributed by atoms with Gasteiger partial charge in [0.05, 0.1) is 4.90 Å². The zero-order valence-corrected chi connectivity index (χ0v) is 11.0. The number of carboxylic acid groups (broad SMARTS) is 1. The van der Waals surface area contributed by atoms with Crippen LogP contribution >= 0.6 is 11.8 Å². The minimum absolute atomic E-state index is 0.223. The topological polar surface area (TPSA) is 77.5 Å². The van der Waals surface area contributed by atoms with Crippen molar-refractivity contribution in [1.29, 1.82) is 0 Å². The lowest BCUT2D eigenvalue weighted by atomic mass is 10.2. The van der Waals surface area contributed by atoms with E-state index in [1.807, 2.05) is 24.3 Å². The van der Waals surface area contributed by atoms with Gasteiger partial charge in [0.1, 0.15) is 5.69 Å². The fourth-order valence-corrected chi connectivity index (χ4v) is 3.10. The standard InChI is InChI=1S/C13H13N3O2S/c17-12(18)10-11(19-13-14-6-3-7-15-13)8-4-1-2-5-9(8)16-10/h1-2,4-5,16H,3,6-7H2,(H,14,15)(H,17,18). The third-order valence-electron chi connectivity index (χ3n) is 2.94. The number of aromatic amines is 1. The molecule has 3 N–H and O–H groups in total. The number of rotatable bonds is 2. The average Bonchev–Trinajstić information content (AvgIpc) is 2.79. The number of aromatic nitrogens is 1. The van der Waals surface area contributed by atoms with Crippen LogP contribution in [0.1, 0.15) is 16.9 Å². The van der Waals surface area contributed by atoms with Gasteiger partial charge in [-0.15, -0.1) is 0 Å². The number of benzene rings is 1. The van der Waals surface area contributed by atoms with Crippen LogP contribution in [0.3, 0.4) is 0 Å². The molecule has 1 aromatic carbocycles. The first-order valence-electron chi connectivity index (χ1n) is 6.06. The monoisotopic (exact) mass is 275 g/mol. The summed E-state index contributed by atoms with van der Waals surface area (Å²) in [5.41, 5.74) is 1.06. The Balaban J connectivity index is 2.07. The van der Waals surface area contributed by atoms with Crippen molar-refractivity contribution in [2.24, 2.45) is 4.99 Å². The van der Waals surface area contributed by atoms with E-state index in [-0.39, 0.29) is 5.69 Å². The Hall–Kier alpha value is -1.95. The van der Waals surface area contributed by atoms with Crippen LogP contribution in [-0.2, 0) is 0 Å². The van der Waals surface area contributed by atoms with Crippen molar-refractivity contribution >= 4 is 33.8 Å². The van der Waals surface area contributed by atoms with E-state index in [2.05, 4.69) is 15.3 Å². The number of H-pyrrole nitrogens is 1. The SMILES string of the molecule is O=C(O)c1[nH]c2ccccc2c1SC1=NCCCN1. The van der Waals surface area contributed by atoms with E-state index < -0.39 is 5.97 Å². The number of hydrogen-bond acceptors (Lipinski definition) is 4. The summed E-state index contributed by atoms with van der Waals surface area (Å²) in [5.74, 6) is -0.949. The highest BCUT2D eigenvalue weighted by molar-refractivity contribution is 8.14. The number of nitrogens with zero attached hydrogens (tertiary/aromatic N) is 1. The Morgan fingerprint density at radius 1 is 1.37 bits per heavy atom. The molecule has 98 valence electrons. The second-order valence-electron chi connectivity index (χ2n) is 4.25. The molecular formula is C13H13N3O2S. The summed E-state index contributed by atoms with van der Waals surface area (Å²) in [5, 5.41) is 14.2. The third-order valence-corrected chi connectivity index (χ3v) is 4.03. The molecule has 19 heavy (non-hydrogen) atoms. The highest BCUT2D eigenvalue weighted by Crippen LogP contribution is 2.32. The number of fused-ring (bicyclic) bond motifs is 1. The van der Waals surface area contributed by atoms with E-state index in [4.69, 9.17) is 0 Å². The first-order chi connectivity index (χ1) is 9.25. The van der Waals surface area contributed by atoms with Gasteiger partial charge in [-0.1, -0.05) is 18.2 Å². The van der Waals surface area contributed by atoms with Crippen LogP contribution in [0.2, 0.25) is 0 Å². The minimum atomic E-state index is -0.949. The Kier molecular flexibility index (Phi) is 3.16. The molecule has 0 saturated heterocycles. The van der Waals surface area contributed by atoms with E-state index in [1.165, 1.54) is 11.8 Å². The molecule has 0 unspecified atom stereocenters. The smallest absolute Gasteiger partial charge is 0.353 e. The lowest BCUT2D eigenvalue weighted by molar-refractivity contribution is 0.0688. The zero-order valence-electron chi connectivity index (χ0n) is 10.1. The summed E-state index contributed by atoms with van der Waals surface area (Å²) in [7, 11) is 0. The summed E-state index contributed by atoms with van der Waals surface area (Å²) in [6, 6.07) is 7.59. The lowest BCUT2D eigenvalue weighted by Crippen LogP contribution is -2.26. The fraction of sp³-hybridized carbons (Fsp3) is 0.231. The fourth-order valence-electron chi connectivity index (χ4n) is 2.05. The van der Waals surface area contributed by atoms with Crippen LogP contribution in [0.25, 0.3) is 10.9 Å². The Morgan fingerprint density at radius 2 is 2.21 bits per heavy atom.